The van der Waals surface area contributed by atoms with E-state index in [0.717, 1.165) is 12.2 Å². The normalized spacial score (nSPS) is 10.3. The van der Waals surface area contributed by atoms with Gasteiger partial charge in [-0.2, -0.15) is 4.98 Å². The third-order valence-corrected chi connectivity index (χ3v) is 2.15. The fourth-order valence-electron chi connectivity index (χ4n) is 1.35. The fraction of sp³-hybridized carbons (Fsp3) is 0.417. The van der Waals surface area contributed by atoms with Crippen molar-refractivity contribution < 1.29 is 9.15 Å². The molecular weight excluding hydrogens is 232 g/mol. The van der Waals surface area contributed by atoms with Gasteiger partial charge in [-0.1, -0.05) is 6.92 Å². The summed E-state index contributed by atoms with van der Waals surface area (Å²) in [6.45, 7) is 5.00. The summed E-state index contributed by atoms with van der Waals surface area (Å²) >= 11 is 0. The van der Waals surface area contributed by atoms with Crippen molar-refractivity contribution in [2.75, 3.05) is 11.9 Å². The molecule has 96 valence electrons. The van der Waals surface area contributed by atoms with Crippen LogP contribution in [0.3, 0.4) is 0 Å². The molecular formula is C12H16N4O2. The third kappa shape index (κ3) is 3.44. The van der Waals surface area contributed by atoms with Crippen molar-refractivity contribution in [3.8, 4) is 5.88 Å². The number of hydrogen-bond acceptors (Lipinski definition) is 6. The average molecular weight is 248 g/mol. The highest BCUT2D eigenvalue weighted by Gasteiger charge is 2.03. The molecule has 2 aromatic heterocycles. The Bertz CT molecular complexity index is 498. The van der Waals surface area contributed by atoms with Gasteiger partial charge >= 0.3 is 0 Å². The molecule has 0 aliphatic carbocycles. The van der Waals surface area contributed by atoms with Crippen LogP contribution in [0.5, 0.6) is 5.88 Å². The molecule has 0 aliphatic rings. The van der Waals surface area contributed by atoms with Crippen LogP contribution >= 0.6 is 0 Å². The maximum atomic E-state index is 5.42. The minimum absolute atomic E-state index is 0.449. The minimum Gasteiger partial charge on any atom is -0.478 e. The second-order valence-corrected chi connectivity index (χ2v) is 3.79. The lowest BCUT2D eigenvalue weighted by Gasteiger charge is -2.05. The predicted molar refractivity (Wildman–Crippen MR) is 66.4 cm³/mol. The average Bonchev–Trinajstić information content (AvgIpc) is 2.80. The quantitative estimate of drug-likeness (QED) is 0.844. The molecule has 2 aromatic rings. The van der Waals surface area contributed by atoms with Gasteiger partial charge in [-0.05, 0) is 13.3 Å². The molecule has 0 unspecified atom stereocenters. The summed E-state index contributed by atoms with van der Waals surface area (Å²) in [6, 6.07) is 1.73. The summed E-state index contributed by atoms with van der Waals surface area (Å²) in [5.41, 5.74) is 0. The van der Waals surface area contributed by atoms with Gasteiger partial charge in [0.15, 0.2) is 0 Å². The van der Waals surface area contributed by atoms with Crippen LogP contribution in [-0.4, -0.2) is 21.6 Å². The summed E-state index contributed by atoms with van der Waals surface area (Å²) in [5.74, 6) is 2.46. The van der Waals surface area contributed by atoms with Crippen molar-refractivity contribution in [1.82, 2.24) is 15.0 Å². The number of nitrogens with one attached hydrogen (secondary N) is 1. The van der Waals surface area contributed by atoms with Gasteiger partial charge in [-0.3, -0.25) is 0 Å². The molecule has 0 bridgehead atoms. The zero-order valence-corrected chi connectivity index (χ0v) is 10.5. The molecule has 6 heteroatoms. The van der Waals surface area contributed by atoms with Crippen molar-refractivity contribution in [1.29, 1.82) is 0 Å². The Hall–Kier alpha value is -2.11. The van der Waals surface area contributed by atoms with Gasteiger partial charge in [0.05, 0.1) is 19.3 Å². The van der Waals surface area contributed by atoms with Crippen LogP contribution in [0.15, 0.2) is 22.9 Å². The molecule has 2 heterocycles. The fourth-order valence-corrected chi connectivity index (χ4v) is 1.35. The summed E-state index contributed by atoms with van der Waals surface area (Å²) in [4.78, 5) is 12.4. The lowest BCUT2D eigenvalue weighted by Crippen LogP contribution is -2.05. The Kier molecular flexibility index (Phi) is 4.11. The van der Waals surface area contributed by atoms with E-state index in [0.29, 0.717) is 30.9 Å². The molecule has 0 spiro atoms. The molecule has 0 radical (unpaired) electrons. The minimum atomic E-state index is 0.449. The van der Waals surface area contributed by atoms with E-state index in [9.17, 15) is 0 Å². The van der Waals surface area contributed by atoms with Crippen molar-refractivity contribution in [2.45, 2.75) is 26.8 Å². The lowest BCUT2D eigenvalue weighted by molar-refractivity contribution is 0.305. The summed E-state index contributed by atoms with van der Waals surface area (Å²) in [5, 5.41) is 3.03. The van der Waals surface area contributed by atoms with E-state index in [-0.39, 0.29) is 0 Å². The standard InChI is InChI=1S/C12H16N4O2/c1-3-6-17-10-4-5-13-12(16-10)15-8-11-14-7-9(2)18-11/h4-5,7H,3,6,8H2,1-2H3,(H,13,15,16). The number of aryl methyl sites for hydroxylation is 1. The van der Waals surface area contributed by atoms with Crippen molar-refractivity contribution in [3.05, 3.63) is 30.1 Å². The Labute approximate surface area is 105 Å². The predicted octanol–water partition coefficient (Wildman–Crippen LogP) is 2.17. The van der Waals surface area contributed by atoms with Crippen molar-refractivity contribution in [2.24, 2.45) is 0 Å². The second-order valence-electron chi connectivity index (χ2n) is 3.79. The van der Waals surface area contributed by atoms with E-state index < -0.39 is 0 Å². The Balaban J connectivity index is 1.92. The molecule has 2 rings (SSSR count). The van der Waals surface area contributed by atoms with E-state index in [1.54, 1.807) is 18.5 Å². The van der Waals surface area contributed by atoms with Crippen molar-refractivity contribution >= 4 is 5.95 Å². The Morgan fingerprint density at radius 3 is 3.00 bits per heavy atom. The number of rotatable bonds is 6. The number of aromatic nitrogens is 3. The lowest BCUT2D eigenvalue weighted by atomic mass is 10.5. The van der Waals surface area contributed by atoms with E-state index in [4.69, 9.17) is 9.15 Å². The first-order valence-electron chi connectivity index (χ1n) is 5.89. The van der Waals surface area contributed by atoms with Crippen LogP contribution in [0.4, 0.5) is 5.95 Å². The first kappa shape index (κ1) is 12.3. The van der Waals surface area contributed by atoms with Crippen LogP contribution in [0.1, 0.15) is 25.0 Å². The first-order chi connectivity index (χ1) is 8.78. The summed E-state index contributed by atoms with van der Waals surface area (Å²) in [6.07, 6.45) is 4.28. The third-order valence-electron chi connectivity index (χ3n) is 2.15. The van der Waals surface area contributed by atoms with Crippen LogP contribution in [0.2, 0.25) is 0 Å². The Morgan fingerprint density at radius 1 is 1.39 bits per heavy atom. The molecule has 0 atom stereocenters. The van der Waals surface area contributed by atoms with Crippen LogP contribution in [0, 0.1) is 6.92 Å². The van der Waals surface area contributed by atoms with Gasteiger partial charge < -0.3 is 14.5 Å². The summed E-state index contributed by atoms with van der Waals surface area (Å²) in [7, 11) is 0. The number of nitrogens with zero attached hydrogens (tertiary/aromatic N) is 3. The largest absolute Gasteiger partial charge is 0.478 e. The highest BCUT2D eigenvalue weighted by atomic mass is 16.5. The highest BCUT2D eigenvalue weighted by molar-refractivity contribution is 5.27. The van der Waals surface area contributed by atoms with Gasteiger partial charge in [0.25, 0.3) is 0 Å². The van der Waals surface area contributed by atoms with Gasteiger partial charge in [0, 0.05) is 12.3 Å². The molecule has 1 N–H and O–H groups in total. The van der Waals surface area contributed by atoms with Gasteiger partial charge in [-0.15, -0.1) is 0 Å². The maximum Gasteiger partial charge on any atom is 0.226 e. The summed E-state index contributed by atoms with van der Waals surface area (Å²) < 4.78 is 10.8. The smallest absolute Gasteiger partial charge is 0.226 e. The zero-order chi connectivity index (χ0) is 12.8. The first-order valence-corrected chi connectivity index (χ1v) is 5.89. The molecule has 0 fully saturated rings. The molecule has 0 aromatic carbocycles. The van der Waals surface area contributed by atoms with E-state index in [2.05, 4.69) is 20.3 Å². The van der Waals surface area contributed by atoms with E-state index >= 15 is 0 Å². The molecule has 0 amide bonds. The maximum absolute atomic E-state index is 5.42. The second kappa shape index (κ2) is 6.00. The number of anilines is 1. The number of hydrogen-bond donors (Lipinski definition) is 1. The molecule has 0 saturated carbocycles. The topological polar surface area (TPSA) is 73.1 Å². The molecule has 6 nitrogen and oxygen atoms in total. The van der Waals surface area contributed by atoms with Gasteiger partial charge in [0.1, 0.15) is 5.76 Å². The molecule has 18 heavy (non-hydrogen) atoms. The van der Waals surface area contributed by atoms with E-state index in [1.807, 2.05) is 13.8 Å². The monoisotopic (exact) mass is 248 g/mol. The van der Waals surface area contributed by atoms with Crippen molar-refractivity contribution in [3.63, 3.8) is 0 Å². The van der Waals surface area contributed by atoms with Crippen LogP contribution < -0.4 is 10.1 Å². The Morgan fingerprint density at radius 2 is 2.28 bits per heavy atom. The SMILES string of the molecule is CCCOc1ccnc(NCc2ncc(C)o2)n1. The number of ether oxygens (including phenoxy) is 1. The molecule has 0 aliphatic heterocycles. The van der Waals surface area contributed by atoms with Gasteiger partial charge in [-0.25, -0.2) is 9.97 Å². The van der Waals surface area contributed by atoms with Crippen LogP contribution in [0.25, 0.3) is 0 Å². The van der Waals surface area contributed by atoms with E-state index in [1.165, 1.54) is 0 Å². The van der Waals surface area contributed by atoms with Gasteiger partial charge in [0.2, 0.25) is 17.7 Å². The highest BCUT2D eigenvalue weighted by Crippen LogP contribution is 2.10. The molecule has 0 saturated heterocycles. The van der Waals surface area contributed by atoms with Crippen LogP contribution in [-0.2, 0) is 6.54 Å². The zero-order valence-electron chi connectivity index (χ0n) is 10.5. The number of oxazole rings is 1.